The van der Waals surface area contributed by atoms with E-state index in [-0.39, 0.29) is 0 Å². The van der Waals surface area contributed by atoms with Crippen LogP contribution in [0, 0.1) is 0 Å². The van der Waals surface area contributed by atoms with Crippen LogP contribution in [-0.4, -0.2) is 12.6 Å². The molecule has 0 aliphatic rings. The van der Waals surface area contributed by atoms with Crippen LogP contribution in [0.1, 0.15) is 51.5 Å². The van der Waals surface area contributed by atoms with Crippen LogP contribution in [-0.2, 0) is 0 Å². The first-order chi connectivity index (χ1) is 8.13. The summed E-state index contributed by atoms with van der Waals surface area (Å²) < 4.78 is 1.16. The number of hydrogen-bond donors (Lipinski definition) is 1. The van der Waals surface area contributed by atoms with Gasteiger partial charge in [-0.15, -0.1) is 0 Å². The van der Waals surface area contributed by atoms with Gasteiger partial charge >= 0.3 is 0 Å². The minimum absolute atomic E-state index is 0.564. The molecule has 0 saturated carbocycles. The second-order valence-corrected chi connectivity index (χ2v) is 5.87. The molecule has 0 radical (unpaired) electrons. The van der Waals surface area contributed by atoms with Crippen LogP contribution in [0.15, 0.2) is 28.7 Å². The Morgan fingerprint density at radius 2 is 1.82 bits per heavy atom. The highest BCUT2D eigenvalue weighted by molar-refractivity contribution is 9.10. The number of nitrogens with one attached hydrogen (secondary N) is 1. The van der Waals surface area contributed by atoms with Gasteiger partial charge in [0.05, 0.1) is 0 Å². The van der Waals surface area contributed by atoms with Crippen LogP contribution in [0.25, 0.3) is 0 Å². The van der Waals surface area contributed by atoms with Crippen LogP contribution < -0.4 is 5.32 Å². The normalized spacial score (nSPS) is 13.0. The molecule has 0 aliphatic heterocycles. The molecule has 0 heterocycles. The van der Waals surface area contributed by atoms with Crippen molar-refractivity contribution in [1.29, 1.82) is 0 Å². The summed E-state index contributed by atoms with van der Waals surface area (Å²) in [7, 11) is 0. The van der Waals surface area contributed by atoms with Crippen LogP contribution in [0.3, 0.4) is 0 Å². The Morgan fingerprint density at radius 3 is 2.35 bits per heavy atom. The zero-order valence-corrected chi connectivity index (χ0v) is 12.8. The van der Waals surface area contributed by atoms with Crippen molar-refractivity contribution in [1.82, 2.24) is 5.32 Å². The van der Waals surface area contributed by atoms with Gasteiger partial charge in [-0.3, -0.25) is 0 Å². The maximum Gasteiger partial charge on any atom is 0.0175 e. The van der Waals surface area contributed by atoms with Gasteiger partial charge in [0.25, 0.3) is 0 Å². The summed E-state index contributed by atoms with van der Waals surface area (Å²) in [5.74, 6) is 0.644. The maximum atomic E-state index is 3.56. The molecular weight excluding hydrogens is 274 g/mol. The predicted molar refractivity (Wildman–Crippen MR) is 79.5 cm³/mol. The number of unbranched alkanes of at least 4 members (excludes halogenated alkanes) is 1. The number of benzene rings is 1. The van der Waals surface area contributed by atoms with E-state index in [1.54, 1.807) is 0 Å². The van der Waals surface area contributed by atoms with Gasteiger partial charge in [0.1, 0.15) is 0 Å². The third-order valence-corrected chi connectivity index (χ3v) is 3.55. The lowest BCUT2D eigenvalue weighted by Crippen LogP contribution is -2.28. The van der Waals surface area contributed by atoms with E-state index in [0.29, 0.717) is 12.0 Å². The van der Waals surface area contributed by atoms with E-state index in [2.05, 4.69) is 66.3 Å². The third-order valence-electron chi connectivity index (χ3n) is 3.02. The second kappa shape index (κ2) is 7.88. The molecule has 1 aromatic rings. The molecule has 1 nitrogen and oxygen atoms in total. The number of hydrogen-bond acceptors (Lipinski definition) is 1. The van der Waals surface area contributed by atoms with Crippen molar-refractivity contribution in [2.75, 3.05) is 6.54 Å². The van der Waals surface area contributed by atoms with Crippen molar-refractivity contribution >= 4 is 15.9 Å². The predicted octanol–water partition coefficient (Wildman–Crippen LogP) is 4.72. The van der Waals surface area contributed by atoms with E-state index in [4.69, 9.17) is 0 Å². The SMILES string of the molecule is CCCCC(CNC(C)C)c1ccc(Br)cc1. The molecule has 0 spiro atoms. The van der Waals surface area contributed by atoms with Gasteiger partial charge in [0.2, 0.25) is 0 Å². The van der Waals surface area contributed by atoms with E-state index in [1.807, 2.05) is 0 Å². The Balaban J connectivity index is 2.63. The summed E-state index contributed by atoms with van der Waals surface area (Å²) in [5, 5.41) is 3.56. The van der Waals surface area contributed by atoms with Crippen LogP contribution >= 0.6 is 15.9 Å². The Labute approximate surface area is 114 Å². The first-order valence-corrected chi connectivity index (χ1v) is 7.41. The van der Waals surface area contributed by atoms with Gasteiger partial charge in [-0.1, -0.05) is 61.7 Å². The van der Waals surface area contributed by atoms with E-state index in [0.717, 1.165) is 11.0 Å². The van der Waals surface area contributed by atoms with Crippen molar-refractivity contribution in [2.24, 2.45) is 0 Å². The Hall–Kier alpha value is -0.340. The van der Waals surface area contributed by atoms with E-state index >= 15 is 0 Å². The fraction of sp³-hybridized carbons (Fsp3) is 0.600. The molecular formula is C15H24BrN. The first-order valence-electron chi connectivity index (χ1n) is 6.62. The van der Waals surface area contributed by atoms with E-state index in [9.17, 15) is 0 Å². The van der Waals surface area contributed by atoms with Crippen molar-refractivity contribution in [3.63, 3.8) is 0 Å². The van der Waals surface area contributed by atoms with Gasteiger partial charge < -0.3 is 5.32 Å². The largest absolute Gasteiger partial charge is 0.314 e. The molecule has 0 aliphatic carbocycles. The molecule has 1 aromatic carbocycles. The molecule has 17 heavy (non-hydrogen) atoms. The van der Waals surface area contributed by atoms with Crippen molar-refractivity contribution in [2.45, 2.75) is 52.0 Å². The smallest absolute Gasteiger partial charge is 0.0175 e. The fourth-order valence-corrected chi connectivity index (χ4v) is 2.21. The monoisotopic (exact) mass is 297 g/mol. The average Bonchev–Trinajstić information content (AvgIpc) is 2.30. The number of halogens is 1. The molecule has 0 amide bonds. The maximum absolute atomic E-state index is 3.56. The number of rotatable bonds is 7. The highest BCUT2D eigenvalue weighted by Crippen LogP contribution is 2.23. The molecule has 1 atom stereocenters. The highest BCUT2D eigenvalue weighted by Gasteiger charge is 2.11. The van der Waals surface area contributed by atoms with Crippen LogP contribution in [0.2, 0.25) is 0 Å². The second-order valence-electron chi connectivity index (χ2n) is 4.95. The summed E-state index contributed by atoms with van der Waals surface area (Å²) in [5.41, 5.74) is 1.45. The minimum atomic E-state index is 0.564. The molecule has 1 unspecified atom stereocenters. The van der Waals surface area contributed by atoms with Gasteiger partial charge in [-0.25, -0.2) is 0 Å². The van der Waals surface area contributed by atoms with E-state index in [1.165, 1.54) is 24.8 Å². The van der Waals surface area contributed by atoms with Crippen LogP contribution in [0.4, 0.5) is 0 Å². The van der Waals surface area contributed by atoms with Crippen molar-refractivity contribution < 1.29 is 0 Å². The quantitative estimate of drug-likeness (QED) is 0.768. The lowest BCUT2D eigenvalue weighted by molar-refractivity contribution is 0.495. The summed E-state index contributed by atoms with van der Waals surface area (Å²) in [6.07, 6.45) is 3.85. The third kappa shape index (κ3) is 5.69. The summed E-state index contributed by atoms with van der Waals surface area (Å²) >= 11 is 3.49. The molecule has 0 aromatic heterocycles. The Morgan fingerprint density at radius 1 is 1.18 bits per heavy atom. The topological polar surface area (TPSA) is 12.0 Å². The summed E-state index contributed by atoms with van der Waals surface area (Å²) in [6, 6.07) is 9.33. The lowest BCUT2D eigenvalue weighted by Gasteiger charge is -2.19. The van der Waals surface area contributed by atoms with Crippen molar-refractivity contribution in [3.05, 3.63) is 34.3 Å². The lowest BCUT2D eigenvalue weighted by atomic mass is 9.93. The minimum Gasteiger partial charge on any atom is -0.314 e. The van der Waals surface area contributed by atoms with Gasteiger partial charge in [-0.2, -0.15) is 0 Å². The standard InChI is InChI=1S/C15H24BrN/c1-4-5-6-14(11-17-12(2)3)13-7-9-15(16)10-8-13/h7-10,12,14,17H,4-6,11H2,1-3H3. The zero-order chi connectivity index (χ0) is 12.7. The highest BCUT2D eigenvalue weighted by atomic mass is 79.9. The molecule has 96 valence electrons. The van der Waals surface area contributed by atoms with Gasteiger partial charge in [0.15, 0.2) is 0 Å². The van der Waals surface area contributed by atoms with Crippen LogP contribution in [0.5, 0.6) is 0 Å². The molecule has 0 fully saturated rings. The Bertz CT molecular complexity index is 305. The molecule has 0 bridgehead atoms. The molecule has 2 heteroatoms. The van der Waals surface area contributed by atoms with Crippen molar-refractivity contribution in [3.8, 4) is 0 Å². The fourth-order valence-electron chi connectivity index (χ4n) is 1.95. The van der Waals surface area contributed by atoms with Gasteiger partial charge in [-0.05, 0) is 30.0 Å². The van der Waals surface area contributed by atoms with E-state index < -0.39 is 0 Å². The van der Waals surface area contributed by atoms with Gasteiger partial charge in [0, 0.05) is 17.1 Å². The summed E-state index contributed by atoms with van der Waals surface area (Å²) in [4.78, 5) is 0. The Kier molecular flexibility index (Phi) is 6.83. The average molecular weight is 298 g/mol. The summed E-state index contributed by atoms with van der Waals surface area (Å²) in [6.45, 7) is 7.75. The first kappa shape index (κ1) is 14.7. The zero-order valence-electron chi connectivity index (χ0n) is 11.2. The molecule has 1 N–H and O–H groups in total. The molecule has 1 rings (SSSR count). The molecule has 0 saturated heterocycles.